The third-order valence-electron chi connectivity index (χ3n) is 5.52. The number of nitrogens with one attached hydrogen (secondary N) is 2. The number of hydrogen-bond acceptors (Lipinski definition) is 3. The number of carbonyl (C=O) groups excluding carboxylic acids is 2. The normalized spacial score (nSPS) is 13.1. The third kappa shape index (κ3) is 4.69. The van der Waals surface area contributed by atoms with Gasteiger partial charge in [0.2, 0.25) is 0 Å². The van der Waals surface area contributed by atoms with Crippen LogP contribution in [0.2, 0.25) is 0 Å². The highest BCUT2D eigenvalue weighted by Crippen LogP contribution is 2.25. The molecule has 6 nitrogen and oxygen atoms in total. The van der Waals surface area contributed by atoms with Crippen LogP contribution >= 0.6 is 0 Å². The first kappa shape index (κ1) is 21.1. The average Bonchev–Trinajstić information content (AvgIpc) is 3.08. The van der Waals surface area contributed by atoms with Crippen LogP contribution in [0.4, 0.5) is 5.69 Å². The Morgan fingerprint density at radius 3 is 2.48 bits per heavy atom. The predicted molar refractivity (Wildman–Crippen MR) is 116 cm³/mol. The summed E-state index contributed by atoms with van der Waals surface area (Å²) in [5, 5.41) is 5.99. The minimum Gasteiger partial charge on any atom is -0.349 e. The number of unbranched alkanes of at least 4 members (excludes halogenated alkanes) is 2. The van der Waals surface area contributed by atoms with Crippen molar-refractivity contribution >= 4 is 17.5 Å². The molecule has 2 N–H and O–H groups in total. The molecule has 3 rings (SSSR count). The van der Waals surface area contributed by atoms with Crippen LogP contribution in [-0.4, -0.2) is 27.9 Å². The summed E-state index contributed by atoms with van der Waals surface area (Å²) in [6, 6.07) is 4.11. The van der Waals surface area contributed by atoms with Crippen LogP contribution in [0.5, 0.6) is 0 Å². The molecule has 0 aliphatic carbocycles. The van der Waals surface area contributed by atoms with E-state index >= 15 is 0 Å². The molecule has 0 atom stereocenters. The van der Waals surface area contributed by atoms with Crippen LogP contribution in [0, 0.1) is 20.8 Å². The largest absolute Gasteiger partial charge is 0.349 e. The van der Waals surface area contributed by atoms with Crippen molar-refractivity contribution < 1.29 is 9.59 Å². The van der Waals surface area contributed by atoms with Crippen molar-refractivity contribution in [3.05, 3.63) is 46.0 Å². The summed E-state index contributed by atoms with van der Waals surface area (Å²) in [6.45, 7) is 9.53. The van der Waals surface area contributed by atoms with Crippen LogP contribution in [0.1, 0.15) is 82.5 Å². The van der Waals surface area contributed by atoms with Gasteiger partial charge in [0.05, 0.1) is 5.69 Å². The van der Waals surface area contributed by atoms with Gasteiger partial charge in [-0.05, 0) is 57.6 Å². The topological polar surface area (TPSA) is 76.0 Å². The Morgan fingerprint density at radius 1 is 1.07 bits per heavy atom. The molecule has 0 fully saturated rings. The Bertz CT molecular complexity index is 891. The minimum atomic E-state index is -0.240. The lowest BCUT2D eigenvalue weighted by molar-refractivity contribution is 0.0937. The fraction of sp³-hybridized carbons (Fsp3) is 0.522. The summed E-state index contributed by atoms with van der Waals surface area (Å²) in [5.74, 6) is -0.0690. The van der Waals surface area contributed by atoms with Crippen LogP contribution in [-0.2, 0) is 13.0 Å². The number of imidazole rings is 1. The number of rotatable bonds is 7. The minimum absolute atomic E-state index is 0.189. The molecule has 1 aromatic carbocycles. The molecule has 1 aromatic heterocycles. The Labute approximate surface area is 173 Å². The Morgan fingerprint density at radius 2 is 1.79 bits per heavy atom. The van der Waals surface area contributed by atoms with E-state index in [1.165, 1.54) is 5.56 Å². The summed E-state index contributed by atoms with van der Waals surface area (Å²) in [6.07, 6.45) is 5.92. The molecular formula is C23H32N4O2. The van der Waals surface area contributed by atoms with E-state index in [4.69, 9.17) is 0 Å². The molecule has 2 aromatic rings. The van der Waals surface area contributed by atoms with Crippen molar-refractivity contribution in [2.75, 3.05) is 11.9 Å². The smallest absolute Gasteiger partial charge is 0.287 e. The fourth-order valence-electron chi connectivity index (χ4n) is 4.10. The maximum Gasteiger partial charge on any atom is 0.287 e. The van der Waals surface area contributed by atoms with Gasteiger partial charge in [-0.25, -0.2) is 4.98 Å². The summed E-state index contributed by atoms with van der Waals surface area (Å²) in [4.78, 5) is 30.3. The maximum atomic E-state index is 13.1. The SMILES string of the molecule is CCCCCNC(=O)c1nc(C(=O)Nc2c(C)cc(C)cc2C)c2n1CCCC2. The summed E-state index contributed by atoms with van der Waals surface area (Å²) >= 11 is 0. The number of aryl methyl sites for hydroxylation is 3. The van der Waals surface area contributed by atoms with Gasteiger partial charge in [0.25, 0.3) is 11.8 Å². The average molecular weight is 397 g/mol. The number of hydrogen-bond donors (Lipinski definition) is 2. The molecule has 2 amide bonds. The third-order valence-corrected chi connectivity index (χ3v) is 5.52. The van der Waals surface area contributed by atoms with E-state index in [0.717, 1.165) is 67.6 Å². The molecule has 0 saturated carbocycles. The Balaban J connectivity index is 1.85. The van der Waals surface area contributed by atoms with Gasteiger partial charge >= 0.3 is 0 Å². The second-order valence-corrected chi connectivity index (χ2v) is 8.03. The van der Waals surface area contributed by atoms with Gasteiger partial charge in [0.1, 0.15) is 0 Å². The van der Waals surface area contributed by atoms with E-state index in [1.807, 2.05) is 25.3 Å². The Hall–Kier alpha value is -2.63. The zero-order valence-electron chi connectivity index (χ0n) is 18.0. The second-order valence-electron chi connectivity index (χ2n) is 8.03. The van der Waals surface area contributed by atoms with Crippen LogP contribution in [0.25, 0.3) is 0 Å². The molecular weight excluding hydrogens is 364 g/mol. The molecule has 1 aliphatic heterocycles. The number of aromatic nitrogens is 2. The Kier molecular flexibility index (Phi) is 6.72. The van der Waals surface area contributed by atoms with Gasteiger partial charge < -0.3 is 15.2 Å². The van der Waals surface area contributed by atoms with Crippen LogP contribution in [0.3, 0.4) is 0 Å². The molecule has 2 heterocycles. The fourth-order valence-corrected chi connectivity index (χ4v) is 4.10. The monoisotopic (exact) mass is 396 g/mol. The molecule has 29 heavy (non-hydrogen) atoms. The van der Waals surface area contributed by atoms with Crippen molar-refractivity contribution in [3.63, 3.8) is 0 Å². The number of benzene rings is 1. The standard InChI is InChI=1S/C23H32N4O2/c1-5-6-8-11-24-23(29)21-25-20(18-10-7-9-12-27(18)21)22(28)26-19-16(3)13-15(2)14-17(19)4/h13-14H,5-12H2,1-4H3,(H,24,29)(H,26,28). The number of fused-ring (bicyclic) bond motifs is 1. The lowest BCUT2D eigenvalue weighted by Crippen LogP contribution is -2.28. The number of carbonyl (C=O) groups is 2. The predicted octanol–water partition coefficient (Wildman–Crippen LogP) is 4.32. The highest BCUT2D eigenvalue weighted by Gasteiger charge is 2.27. The van der Waals surface area contributed by atoms with E-state index in [0.29, 0.717) is 18.1 Å². The van der Waals surface area contributed by atoms with E-state index in [2.05, 4.69) is 34.7 Å². The van der Waals surface area contributed by atoms with E-state index in [1.54, 1.807) is 0 Å². The van der Waals surface area contributed by atoms with Crippen molar-refractivity contribution in [3.8, 4) is 0 Å². The summed E-state index contributed by atoms with van der Waals surface area (Å²) in [5.41, 5.74) is 5.29. The van der Waals surface area contributed by atoms with E-state index in [-0.39, 0.29) is 11.8 Å². The molecule has 0 bridgehead atoms. The molecule has 0 spiro atoms. The molecule has 0 saturated heterocycles. The maximum absolute atomic E-state index is 13.1. The number of amides is 2. The molecule has 6 heteroatoms. The quantitative estimate of drug-likeness (QED) is 0.685. The molecule has 156 valence electrons. The van der Waals surface area contributed by atoms with Gasteiger partial charge in [-0.2, -0.15) is 0 Å². The van der Waals surface area contributed by atoms with Crippen molar-refractivity contribution in [2.24, 2.45) is 0 Å². The molecule has 0 unspecified atom stereocenters. The van der Waals surface area contributed by atoms with Crippen molar-refractivity contribution in [1.82, 2.24) is 14.9 Å². The molecule has 0 radical (unpaired) electrons. The van der Waals surface area contributed by atoms with Gasteiger partial charge in [0, 0.05) is 18.8 Å². The summed E-state index contributed by atoms with van der Waals surface area (Å²) in [7, 11) is 0. The van der Waals surface area contributed by atoms with Gasteiger partial charge in [-0.3, -0.25) is 9.59 Å². The van der Waals surface area contributed by atoms with Gasteiger partial charge in [-0.1, -0.05) is 37.5 Å². The van der Waals surface area contributed by atoms with Crippen LogP contribution in [0.15, 0.2) is 12.1 Å². The lowest BCUT2D eigenvalue weighted by atomic mass is 10.0. The van der Waals surface area contributed by atoms with E-state index < -0.39 is 0 Å². The highest BCUT2D eigenvalue weighted by molar-refractivity contribution is 6.05. The summed E-state index contributed by atoms with van der Waals surface area (Å²) < 4.78 is 1.93. The lowest BCUT2D eigenvalue weighted by Gasteiger charge is -2.17. The first-order chi connectivity index (χ1) is 13.9. The zero-order valence-corrected chi connectivity index (χ0v) is 18.0. The van der Waals surface area contributed by atoms with Crippen molar-refractivity contribution in [1.29, 1.82) is 0 Å². The van der Waals surface area contributed by atoms with Crippen molar-refractivity contribution in [2.45, 2.75) is 72.8 Å². The number of anilines is 1. The second kappa shape index (κ2) is 9.25. The van der Waals surface area contributed by atoms with Crippen LogP contribution < -0.4 is 10.6 Å². The number of nitrogens with zero attached hydrogens (tertiary/aromatic N) is 2. The highest BCUT2D eigenvalue weighted by atomic mass is 16.2. The zero-order chi connectivity index (χ0) is 21.0. The first-order valence-corrected chi connectivity index (χ1v) is 10.7. The molecule has 1 aliphatic rings. The first-order valence-electron chi connectivity index (χ1n) is 10.7. The van der Waals surface area contributed by atoms with Gasteiger partial charge in [-0.15, -0.1) is 0 Å². The van der Waals surface area contributed by atoms with Gasteiger partial charge in [0.15, 0.2) is 11.5 Å². The van der Waals surface area contributed by atoms with E-state index in [9.17, 15) is 9.59 Å².